The third-order valence-corrected chi connectivity index (χ3v) is 7.96. The van der Waals surface area contributed by atoms with Gasteiger partial charge >= 0.3 is 11.9 Å². The van der Waals surface area contributed by atoms with Gasteiger partial charge in [0, 0.05) is 30.0 Å². The lowest BCUT2D eigenvalue weighted by molar-refractivity contribution is -0.161. The number of carboxylic acid groups (broad SMARTS) is 1. The van der Waals surface area contributed by atoms with E-state index in [1.807, 2.05) is 19.1 Å². The molecule has 6 rings (SSSR count). The SMILES string of the molecule is CCC(OC(C)=O)Oc1ccc(C#Cc2ccc(C(=O)O)cc2)cc1C12CC3CC(CC(C3)C1)C2. The van der Waals surface area contributed by atoms with Gasteiger partial charge in [0.25, 0.3) is 0 Å². The summed E-state index contributed by atoms with van der Waals surface area (Å²) < 4.78 is 11.7. The number of ether oxygens (including phenoxy) is 2. The Hall–Kier alpha value is -3.26. The number of hydrogen-bond donors (Lipinski definition) is 1. The highest BCUT2D eigenvalue weighted by Gasteiger charge is 2.52. The summed E-state index contributed by atoms with van der Waals surface area (Å²) in [6.45, 7) is 3.36. The molecular formula is C30H32O5. The normalized spacial score (nSPS) is 27.0. The average molecular weight is 473 g/mol. The third-order valence-electron chi connectivity index (χ3n) is 7.96. The van der Waals surface area contributed by atoms with E-state index in [1.165, 1.54) is 51.0 Å². The summed E-state index contributed by atoms with van der Waals surface area (Å²) in [4.78, 5) is 22.7. The monoisotopic (exact) mass is 472 g/mol. The van der Waals surface area contributed by atoms with Crippen LogP contribution in [0.25, 0.3) is 0 Å². The Labute approximate surface area is 206 Å². The molecule has 1 unspecified atom stereocenters. The van der Waals surface area contributed by atoms with Crippen LogP contribution < -0.4 is 4.74 Å². The van der Waals surface area contributed by atoms with Crippen LogP contribution in [0.1, 0.15) is 85.8 Å². The van der Waals surface area contributed by atoms with E-state index in [9.17, 15) is 9.59 Å². The molecule has 4 aliphatic rings. The molecule has 35 heavy (non-hydrogen) atoms. The second kappa shape index (κ2) is 9.41. The van der Waals surface area contributed by atoms with Crippen LogP contribution in [0.4, 0.5) is 0 Å². The first-order valence-corrected chi connectivity index (χ1v) is 12.7. The molecule has 5 heteroatoms. The summed E-state index contributed by atoms with van der Waals surface area (Å²) in [6.07, 6.45) is 7.59. The molecule has 0 aromatic heterocycles. The van der Waals surface area contributed by atoms with Gasteiger partial charge in [-0.3, -0.25) is 4.79 Å². The highest BCUT2D eigenvalue weighted by molar-refractivity contribution is 5.87. The van der Waals surface area contributed by atoms with Gasteiger partial charge in [0.05, 0.1) is 5.56 Å². The lowest BCUT2D eigenvalue weighted by Gasteiger charge is -2.57. The summed E-state index contributed by atoms with van der Waals surface area (Å²) in [5, 5.41) is 9.11. The lowest BCUT2D eigenvalue weighted by atomic mass is 9.48. The highest BCUT2D eigenvalue weighted by atomic mass is 16.7. The number of esters is 1. The first-order chi connectivity index (χ1) is 16.8. The van der Waals surface area contributed by atoms with Crippen LogP contribution in [0.15, 0.2) is 42.5 Å². The van der Waals surface area contributed by atoms with Crippen LogP contribution in [0, 0.1) is 29.6 Å². The maximum Gasteiger partial charge on any atom is 0.335 e. The van der Waals surface area contributed by atoms with E-state index in [0.717, 1.165) is 34.6 Å². The summed E-state index contributed by atoms with van der Waals surface area (Å²) in [5.74, 6) is 8.31. The van der Waals surface area contributed by atoms with Crippen molar-refractivity contribution in [3.05, 3.63) is 64.7 Å². The molecule has 4 fully saturated rings. The molecule has 182 valence electrons. The van der Waals surface area contributed by atoms with Crippen molar-refractivity contribution in [2.24, 2.45) is 17.8 Å². The van der Waals surface area contributed by atoms with Crippen molar-refractivity contribution in [1.29, 1.82) is 0 Å². The maximum absolute atomic E-state index is 11.6. The van der Waals surface area contributed by atoms with Crippen LogP contribution in [0.2, 0.25) is 0 Å². The van der Waals surface area contributed by atoms with Gasteiger partial charge in [0.15, 0.2) is 0 Å². The lowest BCUT2D eigenvalue weighted by Crippen LogP contribution is -2.48. The predicted octanol–water partition coefficient (Wildman–Crippen LogP) is 5.93. The minimum atomic E-state index is -0.945. The van der Waals surface area contributed by atoms with Crippen molar-refractivity contribution in [2.45, 2.75) is 70.5 Å². The molecule has 0 heterocycles. The second-order valence-corrected chi connectivity index (χ2v) is 10.6. The quantitative estimate of drug-likeness (QED) is 0.320. The standard InChI is InChI=1S/C30H32O5/c1-3-28(34-19(2)31)35-27-11-8-21(5-4-20-6-9-25(10-7-20)29(32)33)15-26(27)30-16-22-12-23(17-30)14-24(13-22)18-30/h6-11,15,22-24,28H,3,12-14,16-18H2,1-2H3,(H,32,33). The molecule has 1 N–H and O–H groups in total. The van der Waals surface area contributed by atoms with Gasteiger partial charge in [-0.05, 0) is 104 Å². The van der Waals surface area contributed by atoms with Crippen molar-refractivity contribution in [3.8, 4) is 17.6 Å². The minimum Gasteiger partial charge on any atom is -0.478 e. The number of aromatic carboxylic acids is 1. The molecule has 0 amide bonds. The number of carbonyl (C=O) groups excluding carboxylic acids is 1. The van der Waals surface area contributed by atoms with Crippen molar-refractivity contribution < 1.29 is 24.2 Å². The van der Waals surface area contributed by atoms with Crippen LogP contribution in [0.5, 0.6) is 5.75 Å². The summed E-state index contributed by atoms with van der Waals surface area (Å²) in [6, 6.07) is 12.7. The first-order valence-electron chi connectivity index (χ1n) is 12.7. The Morgan fingerprint density at radius 2 is 1.54 bits per heavy atom. The van der Waals surface area contributed by atoms with Gasteiger partial charge < -0.3 is 14.6 Å². The van der Waals surface area contributed by atoms with E-state index in [0.29, 0.717) is 6.42 Å². The van der Waals surface area contributed by atoms with Crippen LogP contribution in [-0.2, 0) is 14.9 Å². The fourth-order valence-electron chi connectivity index (χ4n) is 6.92. The maximum atomic E-state index is 11.6. The summed E-state index contributed by atoms with van der Waals surface area (Å²) >= 11 is 0. The Kier molecular flexibility index (Phi) is 6.32. The van der Waals surface area contributed by atoms with Gasteiger partial charge in [-0.15, -0.1) is 0 Å². The molecule has 1 atom stereocenters. The summed E-state index contributed by atoms with van der Waals surface area (Å²) in [5.41, 5.74) is 3.23. The molecule has 0 radical (unpaired) electrons. The zero-order valence-electron chi connectivity index (χ0n) is 20.4. The van der Waals surface area contributed by atoms with E-state index in [2.05, 4.69) is 17.9 Å². The van der Waals surface area contributed by atoms with Gasteiger partial charge in [0.2, 0.25) is 6.29 Å². The molecule has 4 bridgehead atoms. The van der Waals surface area contributed by atoms with Gasteiger partial charge in [-0.1, -0.05) is 18.8 Å². The topological polar surface area (TPSA) is 72.8 Å². The Morgan fingerprint density at radius 3 is 2.09 bits per heavy atom. The molecule has 4 aliphatic carbocycles. The van der Waals surface area contributed by atoms with Gasteiger partial charge in [-0.2, -0.15) is 0 Å². The number of carbonyl (C=O) groups is 2. The highest BCUT2D eigenvalue weighted by Crippen LogP contribution is 2.62. The number of rotatable bonds is 6. The minimum absolute atomic E-state index is 0.0967. The fraction of sp³-hybridized carbons (Fsp3) is 0.467. The smallest absolute Gasteiger partial charge is 0.335 e. The summed E-state index contributed by atoms with van der Waals surface area (Å²) in [7, 11) is 0. The van der Waals surface area contributed by atoms with Crippen molar-refractivity contribution in [2.75, 3.05) is 0 Å². The first kappa shape index (κ1) is 23.5. The zero-order valence-corrected chi connectivity index (χ0v) is 20.4. The van der Waals surface area contributed by atoms with E-state index in [1.54, 1.807) is 24.3 Å². The van der Waals surface area contributed by atoms with E-state index in [-0.39, 0.29) is 16.9 Å². The van der Waals surface area contributed by atoms with Crippen molar-refractivity contribution in [3.63, 3.8) is 0 Å². The molecule has 2 aromatic rings. The molecule has 0 saturated heterocycles. The largest absolute Gasteiger partial charge is 0.478 e. The number of benzene rings is 2. The van der Waals surface area contributed by atoms with Crippen LogP contribution >= 0.6 is 0 Å². The zero-order chi connectivity index (χ0) is 24.6. The van der Waals surface area contributed by atoms with Crippen LogP contribution in [0.3, 0.4) is 0 Å². The third kappa shape index (κ3) is 4.93. The van der Waals surface area contributed by atoms with Gasteiger partial charge in [0.1, 0.15) is 5.75 Å². The molecule has 4 saturated carbocycles. The van der Waals surface area contributed by atoms with Crippen LogP contribution in [-0.4, -0.2) is 23.3 Å². The molecular weight excluding hydrogens is 440 g/mol. The Balaban J connectivity index is 1.49. The number of hydrogen-bond acceptors (Lipinski definition) is 4. The van der Waals surface area contributed by atoms with E-state index < -0.39 is 12.3 Å². The molecule has 0 spiro atoms. The fourth-order valence-corrected chi connectivity index (χ4v) is 6.92. The van der Waals surface area contributed by atoms with Gasteiger partial charge in [-0.25, -0.2) is 4.79 Å². The van der Waals surface area contributed by atoms with Crippen molar-refractivity contribution >= 4 is 11.9 Å². The predicted molar refractivity (Wildman–Crippen MR) is 132 cm³/mol. The molecule has 0 aliphatic heterocycles. The number of carboxylic acids is 1. The second-order valence-electron chi connectivity index (χ2n) is 10.6. The molecule has 5 nitrogen and oxygen atoms in total. The van der Waals surface area contributed by atoms with E-state index >= 15 is 0 Å². The Morgan fingerprint density at radius 1 is 0.971 bits per heavy atom. The Bertz CT molecular complexity index is 1150. The molecule has 2 aromatic carbocycles. The average Bonchev–Trinajstić information content (AvgIpc) is 2.82. The van der Waals surface area contributed by atoms with E-state index in [4.69, 9.17) is 14.6 Å². The van der Waals surface area contributed by atoms with Crippen molar-refractivity contribution in [1.82, 2.24) is 0 Å².